The number of thioether (sulfide) groups is 1. The second-order valence-corrected chi connectivity index (χ2v) is 5.06. The Hall–Kier alpha value is -1.48. The lowest BCUT2D eigenvalue weighted by atomic mass is 10.2. The second kappa shape index (κ2) is 7.77. The third-order valence-corrected chi connectivity index (χ3v) is 3.47. The third-order valence-electron chi connectivity index (χ3n) is 2.36. The van der Waals surface area contributed by atoms with Crippen LogP contribution in [-0.4, -0.2) is 17.0 Å². The molecule has 0 aliphatic heterocycles. The lowest BCUT2D eigenvalue weighted by Crippen LogP contribution is -2.04. The van der Waals surface area contributed by atoms with E-state index in [-0.39, 0.29) is 10.4 Å². The molecule has 1 rings (SSSR count). The minimum Gasteiger partial charge on any atom is -0.501 e. The van der Waals surface area contributed by atoms with E-state index in [0.717, 1.165) is 11.1 Å². The molecule has 96 valence electrons. The van der Waals surface area contributed by atoms with E-state index in [9.17, 15) is 4.79 Å². The summed E-state index contributed by atoms with van der Waals surface area (Å²) in [5.74, 6) is 0. The largest absolute Gasteiger partial charge is 0.501 e. The van der Waals surface area contributed by atoms with Crippen LogP contribution in [0.3, 0.4) is 0 Å². The summed E-state index contributed by atoms with van der Waals surface area (Å²) in [5.41, 5.74) is 1.59. The molecular formula is C15H18O2S. The van der Waals surface area contributed by atoms with E-state index >= 15 is 0 Å². The van der Waals surface area contributed by atoms with Gasteiger partial charge in [-0.2, -0.15) is 0 Å². The molecule has 0 spiro atoms. The Balaban J connectivity index is 2.52. The van der Waals surface area contributed by atoms with Gasteiger partial charge in [0.2, 0.25) is 5.12 Å². The molecule has 0 amide bonds. The van der Waals surface area contributed by atoms with Crippen molar-refractivity contribution >= 4 is 16.9 Å². The fourth-order valence-corrected chi connectivity index (χ4v) is 2.07. The monoisotopic (exact) mass is 262 g/mol. The highest BCUT2D eigenvalue weighted by Gasteiger charge is 2.12. The Bertz CT molecular complexity index is 423. The number of hydrogen-bond acceptors (Lipinski definition) is 3. The number of carbonyl (C=O) groups excluding carboxylic acids is 1. The molecule has 1 aromatic rings. The van der Waals surface area contributed by atoms with Crippen LogP contribution in [0, 0.1) is 0 Å². The minimum absolute atomic E-state index is 0.0365. The highest BCUT2D eigenvalue weighted by Crippen LogP contribution is 2.23. The maximum Gasteiger partial charge on any atom is 0.219 e. The van der Waals surface area contributed by atoms with Gasteiger partial charge >= 0.3 is 0 Å². The van der Waals surface area contributed by atoms with Crippen molar-refractivity contribution in [2.24, 2.45) is 0 Å². The predicted molar refractivity (Wildman–Crippen MR) is 77.7 cm³/mol. The van der Waals surface area contributed by atoms with Crippen LogP contribution in [0.2, 0.25) is 0 Å². The molecule has 0 fully saturated rings. The summed E-state index contributed by atoms with van der Waals surface area (Å²) in [6.07, 6.45) is 3.42. The molecule has 0 saturated carbocycles. The quantitative estimate of drug-likeness (QED) is 0.571. The van der Waals surface area contributed by atoms with E-state index in [0.29, 0.717) is 6.61 Å². The standard InChI is InChI=1S/C15H18O2S/c1-4-17-11-10-12(2)13(3)18-15(16)14-8-6-5-7-9-14/h5-11,13H,2,4H2,1,3H3/b11-10+. The maximum absolute atomic E-state index is 12.0. The lowest BCUT2D eigenvalue weighted by Gasteiger charge is -2.10. The molecule has 1 atom stereocenters. The average molecular weight is 262 g/mol. The van der Waals surface area contributed by atoms with Gasteiger partial charge in [-0.25, -0.2) is 0 Å². The molecule has 0 aromatic heterocycles. The highest BCUT2D eigenvalue weighted by molar-refractivity contribution is 8.14. The van der Waals surface area contributed by atoms with Crippen LogP contribution < -0.4 is 0 Å². The van der Waals surface area contributed by atoms with Crippen LogP contribution in [0.15, 0.2) is 54.8 Å². The smallest absolute Gasteiger partial charge is 0.219 e. The van der Waals surface area contributed by atoms with Crippen molar-refractivity contribution in [1.29, 1.82) is 0 Å². The summed E-state index contributed by atoms with van der Waals surface area (Å²) in [4.78, 5) is 12.0. The summed E-state index contributed by atoms with van der Waals surface area (Å²) >= 11 is 1.27. The Morgan fingerprint density at radius 1 is 1.44 bits per heavy atom. The molecule has 1 aromatic carbocycles. The van der Waals surface area contributed by atoms with Crippen molar-refractivity contribution < 1.29 is 9.53 Å². The summed E-state index contributed by atoms with van der Waals surface area (Å²) in [6.45, 7) is 8.45. The van der Waals surface area contributed by atoms with Gasteiger partial charge in [-0.15, -0.1) is 0 Å². The maximum atomic E-state index is 12.0. The van der Waals surface area contributed by atoms with Crippen LogP contribution in [0.5, 0.6) is 0 Å². The summed E-state index contributed by atoms with van der Waals surface area (Å²) in [7, 11) is 0. The number of rotatable bonds is 6. The van der Waals surface area contributed by atoms with E-state index in [2.05, 4.69) is 6.58 Å². The molecule has 0 aliphatic carbocycles. The van der Waals surface area contributed by atoms with Gasteiger partial charge in [0.05, 0.1) is 12.9 Å². The van der Waals surface area contributed by atoms with Gasteiger partial charge < -0.3 is 4.74 Å². The normalized spacial score (nSPS) is 12.3. The number of benzene rings is 1. The summed E-state index contributed by atoms with van der Waals surface area (Å²) in [6, 6.07) is 9.26. The minimum atomic E-state index is 0.0365. The van der Waals surface area contributed by atoms with Crippen molar-refractivity contribution in [2.45, 2.75) is 19.1 Å². The first kappa shape index (κ1) is 14.6. The number of hydrogen-bond donors (Lipinski definition) is 0. The van der Waals surface area contributed by atoms with Crippen LogP contribution in [0.1, 0.15) is 24.2 Å². The molecule has 3 heteroatoms. The van der Waals surface area contributed by atoms with E-state index in [1.165, 1.54) is 11.8 Å². The van der Waals surface area contributed by atoms with E-state index < -0.39 is 0 Å². The fraction of sp³-hybridized carbons (Fsp3) is 0.267. The van der Waals surface area contributed by atoms with Gasteiger partial charge in [0.15, 0.2) is 0 Å². The Morgan fingerprint density at radius 2 is 2.11 bits per heavy atom. The zero-order chi connectivity index (χ0) is 13.4. The first-order valence-corrected chi connectivity index (χ1v) is 6.76. The predicted octanol–water partition coefficient (Wildman–Crippen LogP) is 4.05. The second-order valence-electron chi connectivity index (χ2n) is 3.75. The van der Waals surface area contributed by atoms with Gasteiger partial charge in [-0.1, -0.05) is 48.7 Å². The van der Waals surface area contributed by atoms with Crippen LogP contribution in [0.25, 0.3) is 0 Å². The number of carbonyl (C=O) groups is 1. The molecular weight excluding hydrogens is 244 g/mol. The van der Waals surface area contributed by atoms with Crippen LogP contribution in [-0.2, 0) is 4.74 Å². The average Bonchev–Trinajstić information content (AvgIpc) is 2.39. The van der Waals surface area contributed by atoms with Crippen molar-refractivity contribution in [2.75, 3.05) is 6.61 Å². The molecule has 18 heavy (non-hydrogen) atoms. The zero-order valence-electron chi connectivity index (χ0n) is 10.8. The first-order valence-electron chi connectivity index (χ1n) is 5.88. The number of allylic oxidation sites excluding steroid dienone is 1. The first-order chi connectivity index (χ1) is 8.65. The summed E-state index contributed by atoms with van der Waals surface area (Å²) < 4.78 is 5.11. The lowest BCUT2D eigenvalue weighted by molar-refractivity contribution is 0.108. The molecule has 0 radical (unpaired) electrons. The van der Waals surface area contributed by atoms with Crippen molar-refractivity contribution in [1.82, 2.24) is 0 Å². The Labute approximate surface area is 113 Å². The molecule has 0 saturated heterocycles. The summed E-state index contributed by atoms with van der Waals surface area (Å²) in [5, 5.41) is 0.100. The van der Waals surface area contributed by atoms with E-state index in [1.54, 1.807) is 12.3 Å². The number of ether oxygens (including phenoxy) is 1. The zero-order valence-corrected chi connectivity index (χ0v) is 11.6. The Kier molecular flexibility index (Phi) is 6.29. The van der Waals surface area contributed by atoms with Crippen molar-refractivity contribution in [3.63, 3.8) is 0 Å². The van der Waals surface area contributed by atoms with Crippen LogP contribution in [0.4, 0.5) is 0 Å². The molecule has 0 aliphatic rings. The SMILES string of the molecule is C=C(/C=C/OCC)C(C)SC(=O)c1ccccc1. The van der Waals surface area contributed by atoms with Gasteiger partial charge in [0.1, 0.15) is 0 Å². The molecule has 0 N–H and O–H groups in total. The van der Waals surface area contributed by atoms with Gasteiger partial charge in [0.25, 0.3) is 0 Å². The van der Waals surface area contributed by atoms with E-state index in [1.807, 2.05) is 44.2 Å². The fourth-order valence-electron chi connectivity index (χ4n) is 1.25. The van der Waals surface area contributed by atoms with Crippen molar-refractivity contribution in [3.8, 4) is 0 Å². The van der Waals surface area contributed by atoms with Crippen molar-refractivity contribution in [3.05, 3.63) is 60.4 Å². The van der Waals surface area contributed by atoms with Gasteiger partial charge in [-0.05, 0) is 25.5 Å². The highest BCUT2D eigenvalue weighted by atomic mass is 32.2. The van der Waals surface area contributed by atoms with Crippen LogP contribution >= 0.6 is 11.8 Å². The van der Waals surface area contributed by atoms with E-state index in [4.69, 9.17) is 4.74 Å². The van der Waals surface area contributed by atoms with Gasteiger partial charge in [-0.3, -0.25) is 4.79 Å². The molecule has 2 nitrogen and oxygen atoms in total. The Morgan fingerprint density at radius 3 is 2.72 bits per heavy atom. The molecule has 0 bridgehead atoms. The topological polar surface area (TPSA) is 26.3 Å². The van der Waals surface area contributed by atoms with Gasteiger partial charge in [0, 0.05) is 10.8 Å². The molecule has 1 unspecified atom stereocenters. The molecule has 0 heterocycles. The third kappa shape index (κ3) is 4.80.